The highest BCUT2D eigenvalue weighted by molar-refractivity contribution is 6.34. The highest BCUT2D eigenvalue weighted by Crippen LogP contribution is 2.20. The first kappa shape index (κ1) is 22.2. The molecule has 2 heterocycles. The van der Waals surface area contributed by atoms with Gasteiger partial charge < -0.3 is 24.1 Å². The first-order chi connectivity index (χ1) is 14.3. The summed E-state index contributed by atoms with van der Waals surface area (Å²) in [5.74, 6) is -1.15. The molecule has 0 radical (unpaired) electrons. The number of hydrogen-bond donors (Lipinski definition) is 1. The summed E-state index contributed by atoms with van der Waals surface area (Å²) in [7, 11) is 1.49. The molecule has 1 saturated heterocycles. The van der Waals surface area contributed by atoms with Gasteiger partial charge in [-0.2, -0.15) is 0 Å². The number of ether oxygens (including phenoxy) is 2. The van der Waals surface area contributed by atoms with Crippen LogP contribution in [0, 0.1) is 0 Å². The number of nitrogens with one attached hydrogen (secondary N) is 1. The number of rotatable bonds is 6. The van der Waals surface area contributed by atoms with E-state index in [9.17, 15) is 14.4 Å². The lowest BCUT2D eigenvalue weighted by atomic mass is 10.2. The van der Waals surface area contributed by atoms with E-state index in [1.54, 1.807) is 23.1 Å². The van der Waals surface area contributed by atoms with Crippen LogP contribution in [0.1, 0.15) is 22.5 Å². The monoisotopic (exact) mass is 457 g/mol. The standard InChI is InChI=1S/C19H21Cl2N3O6/c1-23-10-16(30-18(23)26)17(25)22-3-2-15-9-24(4-5-28-15)19(27)29-11-12-6-13(20)8-14(21)7-12/h6-8,10,15H,2-5,9,11H2,1H3,(H,22,25). The Morgan fingerprint density at radius 2 is 2.00 bits per heavy atom. The first-order valence-electron chi connectivity index (χ1n) is 9.25. The van der Waals surface area contributed by atoms with E-state index in [-0.39, 0.29) is 18.5 Å². The van der Waals surface area contributed by atoms with Crippen molar-refractivity contribution in [3.63, 3.8) is 0 Å². The lowest BCUT2D eigenvalue weighted by molar-refractivity contribution is -0.0309. The van der Waals surface area contributed by atoms with Gasteiger partial charge in [-0.3, -0.25) is 9.36 Å². The predicted molar refractivity (Wildman–Crippen MR) is 109 cm³/mol. The van der Waals surface area contributed by atoms with Crippen LogP contribution in [0.4, 0.5) is 4.79 Å². The lowest BCUT2D eigenvalue weighted by Gasteiger charge is -2.32. The molecule has 1 aliphatic heterocycles. The fraction of sp³-hybridized carbons (Fsp3) is 0.421. The second-order valence-electron chi connectivity index (χ2n) is 6.79. The quantitative estimate of drug-likeness (QED) is 0.714. The minimum Gasteiger partial charge on any atom is -0.445 e. The second-order valence-corrected chi connectivity index (χ2v) is 7.66. The van der Waals surface area contributed by atoms with Crippen molar-refractivity contribution < 1.29 is 23.5 Å². The van der Waals surface area contributed by atoms with Crippen LogP contribution in [0.15, 0.2) is 33.6 Å². The summed E-state index contributed by atoms with van der Waals surface area (Å²) in [5, 5.41) is 3.60. The summed E-state index contributed by atoms with van der Waals surface area (Å²) in [6, 6.07) is 4.96. The summed E-state index contributed by atoms with van der Waals surface area (Å²) in [6.45, 7) is 1.47. The highest BCUT2D eigenvalue weighted by Gasteiger charge is 2.25. The Kier molecular flexibility index (Phi) is 7.41. The van der Waals surface area contributed by atoms with Crippen LogP contribution in [0.3, 0.4) is 0 Å². The highest BCUT2D eigenvalue weighted by atomic mass is 35.5. The van der Waals surface area contributed by atoms with Crippen molar-refractivity contribution in [1.82, 2.24) is 14.8 Å². The van der Waals surface area contributed by atoms with Crippen molar-refractivity contribution in [3.05, 3.63) is 56.3 Å². The van der Waals surface area contributed by atoms with Crippen LogP contribution in [0.25, 0.3) is 0 Å². The Bertz CT molecular complexity index is 953. The molecule has 1 aromatic carbocycles. The van der Waals surface area contributed by atoms with E-state index in [4.69, 9.17) is 37.1 Å². The van der Waals surface area contributed by atoms with Gasteiger partial charge in [0.05, 0.1) is 25.5 Å². The molecule has 1 fully saturated rings. The number of carbonyl (C=O) groups is 2. The third kappa shape index (κ3) is 6.01. The number of halogens is 2. The minimum atomic E-state index is -0.607. The molecule has 11 heteroatoms. The minimum absolute atomic E-state index is 0.0550. The van der Waals surface area contributed by atoms with Gasteiger partial charge in [0.2, 0.25) is 5.76 Å². The Morgan fingerprint density at radius 3 is 2.67 bits per heavy atom. The topological polar surface area (TPSA) is 103 Å². The van der Waals surface area contributed by atoms with Crippen LogP contribution in [-0.2, 0) is 23.1 Å². The third-order valence-electron chi connectivity index (χ3n) is 4.45. The van der Waals surface area contributed by atoms with E-state index < -0.39 is 17.8 Å². The van der Waals surface area contributed by atoms with E-state index in [0.717, 1.165) is 0 Å². The van der Waals surface area contributed by atoms with Crippen molar-refractivity contribution in [1.29, 1.82) is 0 Å². The second kappa shape index (κ2) is 10.0. The van der Waals surface area contributed by atoms with Crippen molar-refractivity contribution in [3.8, 4) is 0 Å². The third-order valence-corrected chi connectivity index (χ3v) is 4.89. The Balaban J connectivity index is 1.43. The number of benzene rings is 1. The van der Waals surface area contributed by atoms with Crippen molar-refractivity contribution >= 4 is 35.2 Å². The van der Waals surface area contributed by atoms with Gasteiger partial charge in [0.1, 0.15) is 6.61 Å². The number of amides is 2. The molecule has 0 saturated carbocycles. The van der Waals surface area contributed by atoms with Gasteiger partial charge in [0.15, 0.2) is 0 Å². The van der Waals surface area contributed by atoms with Gasteiger partial charge in [0.25, 0.3) is 5.91 Å². The maximum atomic E-state index is 12.4. The molecule has 1 unspecified atom stereocenters. The first-order valence-corrected chi connectivity index (χ1v) is 10.0. The zero-order valence-electron chi connectivity index (χ0n) is 16.2. The maximum absolute atomic E-state index is 12.4. The molecule has 1 aromatic heterocycles. The normalized spacial score (nSPS) is 16.4. The Labute approximate surface area is 182 Å². The summed E-state index contributed by atoms with van der Waals surface area (Å²) >= 11 is 11.9. The Hall–Kier alpha value is -2.49. The van der Waals surface area contributed by atoms with Crippen LogP contribution >= 0.6 is 23.2 Å². The van der Waals surface area contributed by atoms with Crippen molar-refractivity contribution in [2.24, 2.45) is 7.05 Å². The number of nitrogens with zero attached hydrogens (tertiary/aromatic N) is 2. The predicted octanol–water partition coefficient (Wildman–Crippen LogP) is 2.44. The molecule has 30 heavy (non-hydrogen) atoms. The maximum Gasteiger partial charge on any atom is 0.419 e. The zero-order chi connectivity index (χ0) is 21.7. The molecule has 0 aliphatic carbocycles. The number of aryl methyl sites for hydroxylation is 1. The van der Waals surface area contributed by atoms with E-state index in [1.165, 1.54) is 17.8 Å². The molecular weight excluding hydrogens is 437 g/mol. The molecule has 162 valence electrons. The van der Waals surface area contributed by atoms with Crippen LogP contribution in [0.5, 0.6) is 0 Å². The SMILES string of the molecule is Cn1cc(C(=O)NCCC2CN(C(=O)OCc3cc(Cl)cc(Cl)c3)CCO2)oc1=O. The van der Waals surface area contributed by atoms with E-state index >= 15 is 0 Å². The van der Waals surface area contributed by atoms with Gasteiger partial charge in [-0.15, -0.1) is 0 Å². The summed E-state index contributed by atoms with van der Waals surface area (Å²) in [6.07, 6.45) is 1.08. The van der Waals surface area contributed by atoms with E-state index in [0.29, 0.717) is 48.3 Å². The molecule has 3 rings (SSSR count). The van der Waals surface area contributed by atoms with Gasteiger partial charge in [-0.05, 0) is 30.2 Å². The molecule has 1 N–H and O–H groups in total. The number of hydrogen-bond acceptors (Lipinski definition) is 6. The molecule has 0 bridgehead atoms. The van der Waals surface area contributed by atoms with Crippen molar-refractivity contribution in [2.45, 2.75) is 19.1 Å². The average molecular weight is 458 g/mol. The van der Waals surface area contributed by atoms with E-state index in [1.807, 2.05) is 0 Å². The average Bonchev–Trinajstić information content (AvgIpc) is 3.04. The number of oxazole rings is 1. The van der Waals surface area contributed by atoms with E-state index in [2.05, 4.69) is 5.32 Å². The molecule has 2 aromatic rings. The molecule has 2 amide bonds. The number of aromatic nitrogens is 1. The van der Waals surface area contributed by atoms with Gasteiger partial charge in [-0.25, -0.2) is 9.59 Å². The van der Waals surface area contributed by atoms with Gasteiger partial charge in [-0.1, -0.05) is 23.2 Å². The zero-order valence-corrected chi connectivity index (χ0v) is 17.7. The van der Waals surface area contributed by atoms with Crippen LogP contribution in [-0.4, -0.2) is 53.8 Å². The van der Waals surface area contributed by atoms with Gasteiger partial charge >= 0.3 is 11.8 Å². The van der Waals surface area contributed by atoms with Crippen molar-refractivity contribution in [2.75, 3.05) is 26.2 Å². The summed E-state index contributed by atoms with van der Waals surface area (Å²) < 4.78 is 17.0. The molecule has 1 aliphatic rings. The fourth-order valence-electron chi connectivity index (χ4n) is 2.95. The van der Waals surface area contributed by atoms with Crippen LogP contribution in [0.2, 0.25) is 10.0 Å². The van der Waals surface area contributed by atoms with Crippen LogP contribution < -0.4 is 11.1 Å². The smallest absolute Gasteiger partial charge is 0.419 e. The fourth-order valence-corrected chi connectivity index (χ4v) is 3.52. The number of morpholine rings is 1. The number of carbonyl (C=O) groups excluding carboxylic acids is 2. The summed E-state index contributed by atoms with van der Waals surface area (Å²) in [5.41, 5.74) is 0.695. The molecule has 1 atom stereocenters. The molecule has 0 spiro atoms. The molecule has 9 nitrogen and oxygen atoms in total. The Morgan fingerprint density at radius 1 is 1.27 bits per heavy atom. The molecular formula is C19H21Cl2N3O6. The largest absolute Gasteiger partial charge is 0.445 e. The summed E-state index contributed by atoms with van der Waals surface area (Å²) in [4.78, 5) is 37.2. The van der Waals surface area contributed by atoms with Gasteiger partial charge in [0, 0.05) is 30.2 Å². The lowest BCUT2D eigenvalue weighted by Crippen LogP contribution is -2.46.